The summed E-state index contributed by atoms with van der Waals surface area (Å²) in [6, 6.07) is 14.7. The average molecular weight is 341 g/mol. The van der Waals surface area contributed by atoms with Gasteiger partial charge in [-0.1, -0.05) is 43.3 Å². The highest BCUT2D eigenvalue weighted by Gasteiger charge is 2.12. The molecule has 0 heterocycles. The molecule has 0 aliphatic heterocycles. The van der Waals surface area contributed by atoms with Crippen LogP contribution in [-0.4, -0.2) is 30.6 Å². The lowest BCUT2D eigenvalue weighted by molar-refractivity contribution is -0.121. The number of carbonyl (C=O) groups excluding carboxylic acids is 1. The topological polar surface area (TPSA) is 75.6 Å². The van der Waals surface area contributed by atoms with Crippen LogP contribution in [0.25, 0.3) is 0 Å². The van der Waals surface area contributed by atoms with Gasteiger partial charge in [-0.3, -0.25) is 4.79 Å². The Balaban J connectivity index is 1.86. The first-order chi connectivity index (χ1) is 12.0. The maximum atomic E-state index is 12.1. The van der Waals surface area contributed by atoms with Gasteiger partial charge in [0, 0.05) is 13.0 Å². The number of nitrogens with one attached hydrogen (secondary N) is 1. The quantitative estimate of drug-likeness (QED) is 0.773. The molecule has 0 bridgehead atoms. The number of ether oxygens (including phenoxy) is 1. The Hall–Kier alpha value is -2.82. The summed E-state index contributed by atoms with van der Waals surface area (Å²) >= 11 is 0. The second-order valence-corrected chi connectivity index (χ2v) is 5.95. The number of benzene rings is 2. The molecule has 132 valence electrons. The van der Waals surface area contributed by atoms with E-state index in [2.05, 4.69) is 5.32 Å². The molecule has 0 saturated carbocycles. The van der Waals surface area contributed by atoms with Crippen molar-refractivity contribution in [2.75, 3.05) is 13.7 Å². The Kier molecular flexibility index (Phi) is 6.57. The van der Waals surface area contributed by atoms with Crippen LogP contribution in [0.5, 0.6) is 5.75 Å². The minimum Gasteiger partial charge on any atom is -0.496 e. The molecule has 0 radical (unpaired) electrons. The van der Waals surface area contributed by atoms with E-state index in [1.807, 2.05) is 37.3 Å². The predicted octanol–water partition coefficient (Wildman–Crippen LogP) is 3.25. The van der Waals surface area contributed by atoms with Crippen molar-refractivity contribution in [3.63, 3.8) is 0 Å². The Bertz CT molecular complexity index is 728. The zero-order valence-corrected chi connectivity index (χ0v) is 14.5. The summed E-state index contributed by atoms with van der Waals surface area (Å²) in [5.74, 6) is -0.317. The third-order valence-electron chi connectivity index (χ3n) is 4.11. The van der Waals surface area contributed by atoms with Crippen LogP contribution in [-0.2, 0) is 11.2 Å². The molecular formula is C20H23NO4. The van der Waals surface area contributed by atoms with Crippen LogP contribution in [0.4, 0.5) is 0 Å². The molecule has 1 atom stereocenters. The number of rotatable bonds is 8. The molecule has 0 saturated heterocycles. The number of hydrogen-bond acceptors (Lipinski definition) is 3. The third-order valence-corrected chi connectivity index (χ3v) is 4.11. The largest absolute Gasteiger partial charge is 0.496 e. The highest BCUT2D eigenvalue weighted by Crippen LogP contribution is 2.21. The molecule has 2 aromatic rings. The molecule has 0 spiro atoms. The minimum atomic E-state index is -0.993. The summed E-state index contributed by atoms with van der Waals surface area (Å²) in [7, 11) is 1.50. The number of methoxy groups -OCH3 is 1. The van der Waals surface area contributed by atoms with Gasteiger partial charge in [-0.2, -0.15) is 0 Å². The van der Waals surface area contributed by atoms with Crippen molar-refractivity contribution in [1.29, 1.82) is 0 Å². The van der Waals surface area contributed by atoms with Crippen LogP contribution in [0.15, 0.2) is 48.5 Å². The van der Waals surface area contributed by atoms with E-state index < -0.39 is 5.97 Å². The fourth-order valence-corrected chi connectivity index (χ4v) is 2.67. The first-order valence-electron chi connectivity index (χ1n) is 8.23. The Morgan fingerprint density at radius 1 is 1.16 bits per heavy atom. The van der Waals surface area contributed by atoms with E-state index in [4.69, 9.17) is 9.84 Å². The second kappa shape index (κ2) is 8.87. The van der Waals surface area contributed by atoms with Crippen molar-refractivity contribution in [2.24, 2.45) is 0 Å². The Morgan fingerprint density at radius 3 is 2.52 bits per heavy atom. The number of hydrogen-bond donors (Lipinski definition) is 2. The molecule has 2 aromatic carbocycles. The Morgan fingerprint density at radius 2 is 1.88 bits per heavy atom. The van der Waals surface area contributed by atoms with Crippen LogP contribution in [0.2, 0.25) is 0 Å². The van der Waals surface area contributed by atoms with Crippen molar-refractivity contribution in [3.05, 3.63) is 65.2 Å². The van der Waals surface area contributed by atoms with E-state index in [9.17, 15) is 9.59 Å². The van der Waals surface area contributed by atoms with Gasteiger partial charge in [0.1, 0.15) is 5.75 Å². The summed E-state index contributed by atoms with van der Waals surface area (Å²) in [5.41, 5.74) is 2.19. The van der Waals surface area contributed by atoms with Crippen LogP contribution >= 0.6 is 0 Å². The summed E-state index contributed by atoms with van der Waals surface area (Å²) in [6.45, 7) is 2.51. The fourth-order valence-electron chi connectivity index (χ4n) is 2.67. The summed E-state index contributed by atoms with van der Waals surface area (Å²) in [6.07, 6.45) is 1.01. The zero-order chi connectivity index (χ0) is 18.2. The molecule has 2 rings (SSSR count). The standard InChI is InChI=1S/C20H23NO4/c1-14(15-6-4-3-5-7-15)12-19(22)21-11-10-16-8-9-17(20(23)24)13-18(16)25-2/h3-9,13-14H,10-12H2,1-2H3,(H,21,22)(H,23,24). The van der Waals surface area contributed by atoms with Gasteiger partial charge in [-0.05, 0) is 35.6 Å². The van der Waals surface area contributed by atoms with E-state index >= 15 is 0 Å². The summed E-state index contributed by atoms with van der Waals surface area (Å²) in [4.78, 5) is 23.1. The van der Waals surface area contributed by atoms with Crippen LogP contribution < -0.4 is 10.1 Å². The van der Waals surface area contributed by atoms with E-state index in [0.29, 0.717) is 25.1 Å². The number of aromatic carboxylic acids is 1. The number of carboxylic acids is 1. The zero-order valence-electron chi connectivity index (χ0n) is 14.5. The average Bonchev–Trinajstić information content (AvgIpc) is 2.62. The van der Waals surface area contributed by atoms with E-state index in [0.717, 1.165) is 11.1 Å². The van der Waals surface area contributed by atoms with Gasteiger partial charge in [0.25, 0.3) is 0 Å². The van der Waals surface area contributed by atoms with Crippen molar-refractivity contribution in [1.82, 2.24) is 5.32 Å². The maximum absolute atomic E-state index is 12.1. The summed E-state index contributed by atoms with van der Waals surface area (Å²) < 4.78 is 5.24. The van der Waals surface area contributed by atoms with Crippen molar-refractivity contribution in [3.8, 4) is 5.75 Å². The minimum absolute atomic E-state index is 0.00234. The van der Waals surface area contributed by atoms with Gasteiger partial charge >= 0.3 is 5.97 Å². The molecular weight excluding hydrogens is 318 g/mol. The molecule has 0 aliphatic carbocycles. The van der Waals surface area contributed by atoms with Gasteiger partial charge in [-0.25, -0.2) is 4.79 Å². The molecule has 2 N–H and O–H groups in total. The molecule has 0 aromatic heterocycles. The number of carbonyl (C=O) groups is 2. The van der Waals surface area contributed by atoms with Gasteiger partial charge < -0.3 is 15.2 Å². The van der Waals surface area contributed by atoms with Crippen molar-refractivity contribution >= 4 is 11.9 Å². The van der Waals surface area contributed by atoms with Crippen molar-refractivity contribution in [2.45, 2.75) is 25.7 Å². The lowest BCUT2D eigenvalue weighted by atomic mass is 9.97. The monoisotopic (exact) mass is 341 g/mol. The molecule has 0 aliphatic rings. The number of amides is 1. The molecule has 5 nitrogen and oxygen atoms in total. The fraction of sp³-hybridized carbons (Fsp3) is 0.300. The van der Waals surface area contributed by atoms with Gasteiger partial charge in [0.15, 0.2) is 0 Å². The highest BCUT2D eigenvalue weighted by atomic mass is 16.5. The first kappa shape index (κ1) is 18.5. The molecule has 5 heteroatoms. The second-order valence-electron chi connectivity index (χ2n) is 5.95. The third kappa shape index (κ3) is 5.35. The SMILES string of the molecule is COc1cc(C(=O)O)ccc1CCNC(=O)CC(C)c1ccccc1. The molecule has 1 unspecified atom stereocenters. The molecule has 0 fully saturated rings. The predicted molar refractivity (Wildman–Crippen MR) is 96.1 cm³/mol. The van der Waals surface area contributed by atoms with E-state index in [-0.39, 0.29) is 17.4 Å². The van der Waals surface area contributed by atoms with E-state index in [1.165, 1.54) is 13.2 Å². The Labute approximate surface area is 147 Å². The van der Waals surface area contributed by atoms with E-state index in [1.54, 1.807) is 12.1 Å². The smallest absolute Gasteiger partial charge is 0.335 e. The lowest BCUT2D eigenvalue weighted by Crippen LogP contribution is -2.26. The molecule has 1 amide bonds. The van der Waals surface area contributed by atoms with Crippen LogP contribution in [0.3, 0.4) is 0 Å². The lowest BCUT2D eigenvalue weighted by Gasteiger charge is -2.13. The summed E-state index contributed by atoms with van der Waals surface area (Å²) in [5, 5.41) is 11.9. The maximum Gasteiger partial charge on any atom is 0.335 e. The normalized spacial score (nSPS) is 11.6. The molecule has 25 heavy (non-hydrogen) atoms. The van der Waals surface area contributed by atoms with Crippen LogP contribution in [0.1, 0.15) is 40.7 Å². The highest BCUT2D eigenvalue weighted by molar-refractivity contribution is 5.88. The first-order valence-corrected chi connectivity index (χ1v) is 8.23. The van der Waals surface area contributed by atoms with Gasteiger partial charge in [0.2, 0.25) is 5.91 Å². The van der Waals surface area contributed by atoms with Crippen LogP contribution in [0, 0.1) is 0 Å². The van der Waals surface area contributed by atoms with Gasteiger partial charge in [0.05, 0.1) is 12.7 Å². The number of carboxylic acid groups (broad SMARTS) is 1. The van der Waals surface area contributed by atoms with Gasteiger partial charge in [-0.15, -0.1) is 0 Å². The van der Waals surface area contributed by atoms with Crippen molar-refractivity contribution < 1.29 is 19.4 Å².